The second kappa shape index (κ2) is 8.79. The maximum Gasteiger partial charge on any atom is 0.308 e. The van der Waals surface area contributed by atoms with Crippen molar-refractivity contribution in [2.75, 3.05) is 0 Å². The summed E-state index contributed by atoms with van der Waals surface area (Å²) >= 11 is 0. The highest BCUT2D eigenvalue weighted by Crippen LogP contribution is 2.41. The largest absolute Gasteiger partial charge is 0.426 e. The van der Waals surface area contributed by atoms with Crippen molar-refractivity contribution in [3.8, 4) is 5.75 Å². The minimum Gasteiger partial charge on any atom is -0.426 e. The summed E-state index contributed by atoms with van der Waals surface area (Å²) in [5, 5.41) is 10.5. The van der Waals surface area contributed by atoms with E-state index in [-0.39, 0.29) is 5.97 Å². The first kappa shape index (κ1) is 21.1. The van der Waals surface area contributed by atoms with E-state index in [0.717, 1.165) is 36.0 Å². The van der Waals surface area contributed by atoms with Crippen molar-refractivity contribution >= 4 is 11.5 Å². The fraction of sp³-hybridized carbons (Fsp3) is 0.346. The number of carbonyl (C=O) groups is 1. The predicted octanol–water partition coefficient (Wildman–Crippen LogP) is 5.97. The molecule has 0 heterocycles. The van der Waals surface area contributed by atoms with Crippen LogP contribution in [0.25, 0.3) is 5.57 Å². The van der Waals surface area contributed by atoms with Gasteiger partial charge in [0.15, 0.2) is 0 Å². The lowest BCUT2D eigenvalue weighted by molar-refractivity contribution is -0.131. The number of aryl methyl sites for hydroxylation is 1. The highest BCUT2D eigenvalue weighted by Gasteiger charge is 2.23. The van der Waals surface area contributed by atoms with Gasteiger partial charge in [-0.1, -0.05) is 48.0 Å². The molecule has 1 N–H and O–H groups in total. The summed E-state index contributed by atoms with van der Waals surface area (Å²) in [6, 6.07) is 16.4. The molecule has 0 aromatic heterocycles. The maximum absolute atomic E-state index is 11.6. The molecule has 2 aromatic carbocycles. The quantitative estimate of drug-likeness (QED) is 0.505. The van der Waals surface area contributed by atoms with Gasteiger partial charge in [0.25, 0.3) is 0 Å². The van der Waals surface area contributed by atoms with E-state index in [1.54, 1.807) is 13.8 Å². The minimum atomic E-state index is -0.982. The molecule has 0 radical (unpaired) electrons. The molecular formula is C26H30O3. The molecule has 2 aromatic rings. The van der Waals surface area contributed by atoms with Gasteiger partial charge in [-0.25, -0.2) is 0 Å². The monoisotopic (exact) mass is 390 g/mol. The van der Waals surface area contributed by atoms with Crippen LogP contribution in [0, 0.1) is 6.92 Å². The summed E-state index contributed by atoms with van der Waals surface area (Å²) in [6.45, 7) is 6.96. The first-order chi connectivity index (χ1) is 13.7. The summed E-state index contributed by atoms with van der Waals surface area (Å²) in [6.07, 6.45) is 7.07. The van der Waals surface area contributed by atoms with Crippen LogP contribution in [-0.4, -0.2) is 16.7 Å². The third-order valence-electron chi connectivity index (χ3n) is 5.20. The van der Waals surface area contributed by atoms with Crippen molar-refractivity contribution in [3.63, 3.8) is 0 Å². The van der Waals surface area contributed by atoms with Gasteiger partial charge in [0.1, 0.15) is 5.75 Å². The topological polar surface area (TPSA) is 46.5 Å². The van der Waals surface area contributed by atoms with E-state index >= 15 is 0 Å². The number of ether oxygens (including phenoxy) is 1. The summed E-state index contributed by atoms with van der Waals surface area (Å²) in [5.41, 5.74) is 4.46. The molecule has 3 nitrogen and oxygen atoms in total. The Labute approximate surface area is 173 Å². The van der Waals surface area contributed by atoms with Crippen molar-refractivity contribution in [1.29, 1.82) is 0 Å². The Balaban J connectivity index is 2.00. The van der Waals surface area contributed by atoms with Crippen LogP contribution in [0.15, 0.2) is 66.3 Å². The van der Waals surface area contributed by atoms with Gasteiger partial charge in [0.2, 0.25) is 0 Å². The predicted molar refractivity (Wildman–Crippen MR) is 118 cm³/mol. The summed E-state index contributed by atoms with van der Waals surface area (Å²) in [5.74, 6) is 0.693. The third-order valence-corrected chi connectivity index (χ3v) is 5.20. The zero-order valence-corrected chi connectivity index (χ0v) is 17.7. The van der Waals surface area contributed by atoms with E-state index in [2.05, 4.69) is 30.3 Å². The molecule has 3 rings (SSSR count). The molecule has 3 heteroatoms. The molecular weight excluding hydrogens is 360 g/mol. The van der Waals surface area contributed by atoms with Crippen LogP contribution in [0.3, 0.4) is 0 Å². The summed E-state index contributed by atoms with van der Waals surface area (Å²) in [7, 11) is 0. The zero-order valence-electron chi connectivity index (χ0n) is 17.7. The third kappa shape index (κ3) is 5.68. The molecule has 1 atom stereocenters. The fourth-order valence-electron chi connectivity index (χ4n) is 3.90. The molecule has 0 bridgehead atoms. The highest BCUT2D eigenvalue weighted by atomic mass is 16.5. The molecule has 0 spiro atoms. The van der Waals surface area contributed by atoms with Gasteiger partial charge in [0, 0.05) is 12.5 Å². The van der Waals surface area contributed by atoms with E-state index in [9.17, 15) is 9.90 Å². The Morgan fingerprint density at radius 3 is 2.48 bits per heavy atom. The standard InChI is InChI=1S/C26H30O3/c1-18-10-15-25(29-19(2)27)23(16-18)24(17-26(3,4)28)22-13-11-21(12-14-22)20-8-6-5-7-9-20/h5-10,13,15-17,21,28H,11-12,14H2,1-4H3/b24-17+. The number of benzene rings is 2. The van der Waals surface area contributed by atoms with Crippen LogP contribution >= 0.6 is 0 Å². The lowest BCUT2D eigenvalue weighted by Gasteiger charge is -2.26. The van der Waals surface area contributed by atoms with Gasteiger partial charge in [0.05, 0.1) is 5.60 Å². The van der Waals surface area contributed by atoms with Crippen LogP contribution in [0.5, 0.6) is 5.75 Å². The molecule has 0 saturated carbocycles. The van der Waals surface area contributed by atoms with Gasteiger partial charge in [-0.3, -0.25) is 4.79 Å². The molecule has 1 unspecified atom stereocenters. The van der Waals surface area contributed by atoms with Crippen LogP contribution in [0.2, 0.25) is 0 Å². The normalized spacial score (nSPS) is 17.6. The average Bonchev–Trinajstić information content (AvgIpc) is 2.67. The van der Waals surface area contributed by atoms with Crippen molar-refractivity contribution in [1.82, 2.24) is 0 Å². The van der Waals surface area contributed by atoms with Gasteiger partial charge in [-0.2, -0.15) is 0 Å². The Morgan fingerprint density at radius 1 is 1.17 bits per heavy atom. The van der Waals surface area contributed by atoms with E-state index in [1.165, 1.54) is 18.1 Å². The smallest absolute Gasteiger partial charge is 0.308 e. The SMILES string of the molecule is CC(=O)Oc1ccc(C)cc1/C(=C/C(C)(C)O)C1=CCC(c2ccccc2)CC1. The second-order valence-corrected chi connectivity index (χ2v) is 8.42. The van der Waals surface area contributed by atoms with E-state index in [0.29, 0.717) is 11.7 Å². The molecule has 152 valence electrons. The number of hydrogen-bond donors (Lipinski definition) is 1. The highest BCUT2D eigenvalue weighted by molar-refractivity contribution is 5.85. The first-order valence-corrected chi connectivity index (χ1v) is 10.2. The van der Waals surface area contributed by atoms with Crippen molar-refractivity contribution in [2.45, 2.75) is 58.5 Å². The summed E-state index contributed by atoms with van der Waals surface area (Å²) < 4.78 is 5.49. The van der Waals surface area contributed by atoms with Crippen LogP contribution in [0.1, 0.15) is 62.6 Å². The van der Waals surface area contributed by atoms with Gasteiger partial charge in [-0.15, -0.1) is 0 Å². The number of rotatable bonds is 5. The maximum atomic E-state index is 11.6. The molecule has 29 heavy (non-hydrogen) atoms. The van der Waals surface area contributed by atoms with E-state index < -0.39 is 5.60 Å². The average molecular weight is 391 g/mol. The Morgan fingerprint density at radius 2 is 1.90 bits per heavy atom. The first-order valence-electron chi connectivity index (χ1n) is 10.2. The van der Waals surface area contributed by atoms with Crippen molar-refractivity contribution < 1.29 is 14.6 Å². The molecule has 0 fully saturated rings. The molecule has 1 aliphatic carbocycles. The molecule has 0 aliphatic heterocycles. The minimum absolute atomic E-state index is 0.348. The number of allylic oxidation sites excluding steroid dienone is 3. The lowest BCUT2D eigenvalue weighted by Crippen LogP contribution is -2.16. The molecule has 1 aliphatic rings. The number of esters is 1. The fourth-order valence-corrected chi connectivity index (χ4v) is 3.90. The Hall–Kier alpha value is -2.65. The van der Waals surface area contributed by atoms with E-state index in [4.69, 9.17) is 4.74 Å². The molecule has 0 amide bonds. The second-order valence-electron chi connectivity index (χ2n) is 8.42. The van der Waals surface area contributed by atoms with Crippen LogP contribution in [-0.2, 0) is 4.79 Å². The van der Waals surface area contributed by atoms with Crippen LogP contribution in [0.4, 0.5) is 0 Å². The van der Waals surface area contributed by atoms with Gasteiger partial charge in [-0.05, 0) is 80.9 Å². The van der Waals surface area contributed by atoms with Gasteiger partial charge < -0.3 is 9.84 Å². The Bertz CT molecular complexity index is 930. The van der Waals surface area contributed by atoms with Gasteiger partial charge >= 0.3 is 5.97 Å². The number of hydrogen-bond acceptors (Lipinski definition) is 3. The molecule has 0 saturated heterocycles. The van der Waals surface area contributed by atoms with Crippen molar-refractivity contribution in [2.24, 2.45) is 0 Å². The Kier molecular flexibility index (Phi) is 6.39. The van der Waals surface area contributed by atoms with Crippen LogP contribution < -0.4 is 4.74 Å². The van der Waals surface area contributed by atoms with E-state index in [1.807, 2.05) is 37.3 Å². The number of aliphatic hydroxyl groups is 1. The lowest BCUT2D eigenvalue weighted by atomic mass is 9.80. The number of carbonyl (C=O) groups excluding carboxylic acids is 1. The van der Waals surface area contributed by atoms with Crippen molar-refractivity contribution in [3.05, 3.63) is 82.9 Å². The summed E-state index contributed by atoms with van der Waals surface area (Å²) in [4.78, 5) is 11.6. The zero-order chi connectivity index (χ0) is 21.0.